The summed E-state index contributed by atoms with van der Waals surface area (Å²) in [6.07, 6.45) is 13.3. The molecule has 5 heterocycles. The van der Waals surface area contributed by atoms with Crippen LogP contribution in [0.1, 0.15) is 89.2 Å². The number of fused-ring (bicyclic) bond motifs is 2. The molecule has 2 amide bonds. The molecule has 0 radical (unpaired) electrons. The molecule has 8 rings (SSSR count). The number of aromatic nitrogens is 6. The van der Waals surface area contributed by atoms with Crippen LogP contribution in [0.15, 0.2) is 67.4 Å². The van der Waals surface area contributed by atoms with Crippen LogP contribution in [-0.4, -0.2) is 68.4 Å². The van der Waals surface area contributed by atoms with Crippen LogP contribution in [0.25, 0.3) is 44.5 Å². The van der Waals surface area contributed by atoms with E-state index in [9.17, 15) is 14.0 Å². The summed E-state index contributed by atoms with van der Waals surface area (Å²) in [4.78, 5) is 38.0. The molecule has 5 aromatic heterocycles. The maximum absolute atomic E-state index is 15.0. The number of amides is 2. The molecule has 4 N–H and O–H groups in total. The number of benzene rings is 1. The largest absolute Gasteiger partial charge is 0.494 e. The summed E-state index contributed by atoms with van der Waals surface area (Å²) >= 11 is 0. The van der Waals surface area contributed by atoms with Crippen LogP contribution in [-0.2, 0) is 9.47 Å². The molecule has 0 aliphatic heterocycles. The summed E-state index contributed by atoms with van der Waals surface area (Å²) < 4.78 is 33.6. The van der Waals surface area contributed by atoms with Gasteiger partial charge in [0.2, 0.25) is 0 Å². The summed E-state index contributed by atoms with van der Waals surface area (Å²) in [7, 11) is 1.45. The summed E-state index contributed by atoms with van der Waals surface area (Å²) in [5, 5.41) is 12.6. The fourth-order valence-corrected chi connectivity index (χ4v) is 8.20. The molecule has 4 atom stereocenters. The predicted octanol–water partition coefficient (Wildman–Crippen LogP) is 7.86. The van der Waals surface area contributed by atoms with E-state index in [1.807, 2.05) is 69.3 Å². The van der Waals surface area contributed by atoms with Crippen molar-refractivity contribution in [3.8, 4) is 28.1 Å². The van der Waals surface area contributed by atoms with Gasteiger partial charge in [-0.05, 0) is 124 Å². The average molecular weight is 764 g/mol. The Kier molecular flexibility index (Phi) is 10.1. The average Bonchev–Trinajstić information content (AvgIpc) is 4.00. The molecule has 13 nitrogen and oxygen atoms in total. The van der Waals surface area contributed by atoms with E-state index >= 15 is 0 Å². The minimum absolute atomic E-state index is 0.0113. The first-order valence-electron chi connectivity index (χ1n) is 19.4. The number of carbonyl (C=O) groups excluding carboxylic acids is 2. The van der Waals surface area contributed by atoms with Crippen molar-refractivity contribution in [1.82, 2.24) is 35.5 Å². The number of halogens is 1. The highest BCUT2D eigenvalue weighted by molar-refractivity contribution is 5.93. The molecule has 1 aromatic carbocycles. The smallest absolute Gasteiger partial charge is 0.407 e. The summed E-state index contributed by atoms with van der Waals surface area (Å²) in [6.45, 7) is 7.64. The lowest BCUT2D eigenvalue weighted by molar-refractivity contribution is -0.713. The van der Waals surface area contributed by atoms with Crippen LogP contribution in [0, 0.1) is 5.82 Å². The molecule has 2 aliphatic rings. The zero-order valence-corrected chi connectivity index (χ0v) is 32.3. The van der Waals surface area contributed by atoms with Crippen LogP contribution in [0.4, 0.5) is 14.0 Å². The minimum Gasteiger partial charge on any atom is -0.494 e. The second-order valence-corrected chi connectivity index (χ2v) is 15.6. The zero-order chi connectivity index (χ0) is 39.1. The monoisotopic (exact) mass is 763 g/mol. The second-order valence-electron chi connectivity index (χ2n) is 15.6. The third-order valence-electron chi connectivity index (χ3n) is 10.9. The number of hydrogen-bond donors (Lipinski definition) is 4. The Morgan fingerprint density at radius 1 is 0.857 bits per heavy atom. The number of rotatable bonds is 10. The number of methoxy groups -OCH3 is 1. The summed E-state index contributed by atoms with van der Waals surface area (Å²) in [5.41, 5.74) is 6.92. The lowest BCUT2D eigenvalue weighted by atomic mass is 9.97. The number of H-pyrrole nitrogens is 2. The number of aromatic amines is 2. The van der Waals surface area contributed by atoms with Crippen molar-refractivity contribution >= 4 is 34.3 Å². The van der Waals surface area contributed by atoms with Crippen molar-refractivity contribution in [2.24, 2.45) is 0 Å². The van der Waals surface area contributed by atoms with Crippen LogP contribution < -0.4 is 20.0 Å². The number of ether oxygens (including phenoxy) is 3. The molecule has 6 aromatic rings. The first-order chi connectivity index (χ1) is 27.0. The standard InChI is InChI=1S/C42H47FN8O5/c1-23(2)47-41(52)55-30-9-6-25(14-30)28-16-32-35(21-45-39(32)44-19-28)37-12-13-51(49-37)50-22-29(26-7-10-31(15-26)56-42(53)48-24(3)4)17-33-34(20-46-40(33)50)27-8-11-38(54-5)36(43)18-27/h8,11-13,16-26,30-31H,6-7,9-10,14-15H2,1-5H3,(H3,44,45,47,48,49,52,53)/p+1/t25-,26-,30+,31+/m0/s1. The SMILES string of the molecule is COc1ccc(-c2c[nH]c3c2cc([C@H]2CC[C@@H](OC(=O)NC(C)C)C2)c[n+]3-n2ccc(-c3c[nH]c4ncc([C@H]5CC[C@@H](OC(=O)NC(C)C)C5)cc34)n2)cc1F. The highest BCUT2D eigenvalue weighted by Gasteiger charge is 2.32. The van der Waals surface area contributed by atoms with E-state index < -0.39 is 11.9 Å². The van der Waals surface area contributed by atoms with Crippen LogP contribution in [0.3, 0.4) is 0 Å². The number of alkyl carbamates (subject to hydrolysis) is 2. The maximum atomic E-state index is 15.0. The van der Waals surface area contributed by atoms with Gasteiger partial charge in [0.25, 0.3) is 5.65 Å². The minimum atomic E-state index is -0.443. The maximum Gasteiger partial charge on any atom is 0.407 e. The molecule has 0 bridgehead atoms. The molecular formula is C42H48FN8O5+. The number of pyridine rings is 2. The van der Waals surface area contributed by atoms with Crippen molar-refractivity contribution in [3.63, 3.8) is 0 Å². The second kappa shape index (κ2) is 15.3. The van der Waals surface area contributed by atoms with Gasteiger partial charge in [0.1, 0.15) is 17.9 Å². The molecule has 56 heavy (non-hydrogen) atoms. The van der Waals surface area contributed by atoms with Crippen LogP contribution in [0.2, 0.25) is 0 Å². The molecular weight excluding hydrogens is 716 g/mol. The highest BCUT2D eigenvalue weighted by Crippen LogP contribution is 2.40. The van der Waals surface area contributed by atoms with Gasteiger partial charge in [0.05, 0.1) is 31.1 Å². The third-order valence-corrected chi connectivity index (χ3v) is 10.9. The summed E-state index contributed by atoms with van der Waals surface area (Å²) in [6, 6.07) is 11.3. The Hall–Kier alpha value is -5.92. The normalized spacial score (nSPS) is 19.6. The Bertz CT molecular complexity index is 2400. The van der Waals surface area contributed by atoms with Gasteiger partial charge in [-0.1, -0.05) is 10.9 Å². The van der Waals surface area contributed by atoms with Gasteiger partial charge in [-0.3, -0.25) is 4.98 Å². The Balaban J connectivity index is 1.11. The zero-order valence-electron chi connectivity index (χ0n) is 32.3. The molecule has 292 valence electrons. The van der Waals surface area contributed by atoms with Crippen molar-refractivity contribution < 1.29 is 32.9 Å². The highest BCUT2D eigenvalue weighted by atomic mass is 19.1. The fraction of sp³-hybridized carbons (Fsp3) is 0.405. The third kappa shape index (κ3) is 7.52. The predicted molar refractivity (Wildman–Crippen MR) is 209 cm³/mol. The van der Waals surface area contributed by atoms with Gasteiger partial charge >= 0.3 is 12.2 Å². The van der Waals surface area contributed by atoms with E-state index in [1.165, 1.54) is 13.2 Å². The van der Waals surface area contributed by atoms with E-state index in [4.69, 9.17) is 24.3 Å². The van der Waals surface area contributed by atoms with E-state index in [0.717, 1.165) is 82.1 Å². The topological polar surface area (TPSA) is 152 Å². The van der Waals surface area contributed by atoms with Crippen molar-refractivity contribution in [2.45, 2.75) is 102 Å². The van der Waals surface area contributed by atoms with E-state index in [-0.39, 0.29) is 48.0 Å². The first kappa shape index (κ1) is 37.0. The molecule has 2 fully saturated rings. The Morgan fingerprint density at radius 3 is 2.18 bits per heavy atom. The lowest BCUT2D eigenvalue weighted by Gasteiger charge is -2.15. The van der Waals surface area contributed by atoms with Gasteiger partial charge in [-0.2, -0.15) is 0 Å². The lowest BCUT2D eigenvalue weighted by Crippen LogP contribution is -2.43. The van der Waals surface area contributed by atoms with Gasteiger partial charge in [0.15, 0.2) is 17.3 Å². The van der Waals surface area contributed by atoms with E-state index in [2.05, 4.69) is 38.9 Å². The molecule has 0 saturated heterocycles. The molecule has 2 aliphatic carbocycles. The molecule has 14 heteroatoms. The Labute approximate surface area is 323 Å². The first-order valence-corrected chi connectivity index (χ1v) is 19.4. The van der Waals surface area contributed by atoms with Gasteiger partial charge in [0, 0.05) is 47.1 Å². The van der Waals surface area contributed by atoms with Gasteiger partial charge in [-0.25, -0.2) is 19.0 Å². The fourth-order valence-electron chi connectivity index (χ4n) is 8.20. The van der Waals surface area contributed by atoms with E-state index in [1.54, 1.807) is 10.9 Å². The van der Waals surface area contributed by atoms with Gasteiger partial charge < -0.3 is 29.8 Å². The van der Waals surface area contributed by atoms with Crippen molar-refractivity contribution in [1.29, 1.82) is 0 Å². The van der Waals surface area contributed by atoms with Crippen molar-refractivity contribution in [2.75, 3.05) is 7.11 Å². The quantitative estimate of drug-likeness (QED) is 0.104. The molecule has 0 spiro atoms. The number of carbonyl (C=O) groups is 2. The van der Waals surface area contributed by atoms with E-state index in [0.29, 0.717) is 12.0 Å². The number of nitrogens with zero attached hydrogens (tertiary/aromatic N) is 4. The number of hydrogen-bond acceptors (Lipinski definition) is 7. The van der Waals surface area contributed by atoms with Gasteiger partial charge in [-0.15, -0.1) is 4.68 Å². The number of nitrogens with one attached hydrogen (secondary N) is 4. The van der Waals surface area contributed by atoms with Crippen LogP contribution in [0.5, 0.6) is 5.75 Å². The molecule has 0 unspecified atom stereocenters. The van der Waals surface area contributed by atoms with Crippen molar-refractivity contribution in [3.05, 3.63) is 84.3 Å². The Morgan fingerprint density at radius 2 is 1.52 bits per heavy atom. The van der Waals surface area contributed by atoms with Crippen LogP contribution >= 0.6 is 0 Å². The summed E-state index contributed by atoms with van der Waals surface area (Å²) in [5.74, 6) is 0.0828. The molecule has 2 saturated carbocycles.